The predicted octanol–water partition coefficient (Wildman–Crippen LogP) is 1.11. The normalized spacial score (nSPS) is 17.6. The fourth-order valence-corrected chi connectivity index (χ4v) is 2.33. The molecule has 0 amide bonds. The molecule has 0 aromatic heterocycles. The average molecular weight is 316 g/mol. The highest BCUT2D eigenvalue weighted by molar-refractivity contribution is 7.91. The van der Waals surface area contributed by atoms with Crippen molar-refractivity contribution in [2.45, 2.75) is 23.1 Å². The van der Waals surface area contributed by atoms with Gasteiger partial charge in [0.25, 0.3) is 5.00 Å². The lowest BCUT2D eigenvalue weighted by molar-refractivity contribution is -0.197. The zero-order valence-electron chi connectivity index (χ0n) is 9.09. The van der Waals surface area contributed by atoms with Gasteiger partial charge in [0.05, 0.1) is 0 Å². The Labute approximate surface area is 101 Å². The first kappa shape index (κ1) is 17.3. The molecular weight excluding hydrogens is 307 g/mol. The van der Waals surface area contributed by atoms with Crippen LogP contribution in [-0.4, -0.2) is 39.3 Å². The molecule has 0 saturated heterocycles. The number of thiol groups is 1. The predicted molar refractivity (Wildman–Crippen MR) is 53.7 cm³/mol. The summed E-state index contributed by atoms with van der Waals surface area (Å²) in [5.74, 6) is -6.01. The van der Waals surface area contributed by atoms with Crippen molar-refractivity contribution in [3.8, 4) is 0 Å². The Bertz CT molecular complexity index is 528. The highest BCUT2D eigenvalue weighted by atomic mass is 32.2. The molecule has 0 aliphatic rings. The van der Waals surface area contributed by atoms with Crippen molar-refractivity contribution in [2.75, 3.05) is 6.26 Å². The molecule has 0 radical (unpaired) electrons. The van der Waals surface area contributed by atoms with Crippen LogP contribution in [0.15, 0.2) is 12.2 Å². The third-order valence-electron chi connectivity index (χ3n) is 2.06. The topological polar surface area (TPSA) is 68.3 Å². The van der Waals surface area contributed by atoms with E-state index < -0.39 is 42.3 Å². The summed E-state index contributed by atoms with van der Waals surface area (Å²) in [6.07, 6.45) is -0.266. The number of hydrogen-bond donors (Lipinski definition) is 1. The molecular formula is C7H9F5O4S2. The minimum atomic E-state index is -6.01. The standard InChI is InChI=1S/C7H9F5O4S2/c1-4(2)5(8,17(13)14)6(9,10)7(11,12)18(3,15)16/h17H,1H2,2-3H3. The van der Waals surface area contributed by atoms with Crippen molar-refractivity contribution in [3.63, 3.8) is 0 Å². The molecule has 0 N–H and O–H groups in total. The van der Waals surface area contributed by atoms with Gasteiger partial charge in [-0.3, -0.25) is 0 Å². The van der Waals surface area contributed by atoms with Gasteiger partial charge in [0.15, 0.2) is 10.7 Å². The van der Waals surface area contributed by atoms with Gasteiger partial charge in [-0.15, -0.1) is 0 Å². The molecule has 0 rings (SSSR count). The van der Waals surface area contributed by atoms with Gasteiger partial charge in [0, 0.05) is 6.26 Å². The molecule has 1 atom stereocenters. The summed E-state index contributed by atoms with van der Waals surface area (Å²) in [6, 6.07) is 0. The van der Waals surface area contributed by atoms with E-state index in [-0.39, 0.29) is 6.26 Å². The van der Waals surface area contributed by atoms with Crippen LogP contribution in [0.3, 0.4) is 0 Å². The Hall–Kier alpha value is -0.710. The molecule has 0 bridgehead atoms. The summed E-state index contributed by atoms with van der Waals surface area (Å²) in [4.78, 5) is 0. The van der Waals surface area contributed by atoms with Crippen molar-refractivity contribution < 1.29 is 38.8 Å². The van der Waals surface area contributed by atoms with E-state index in [1.165, 1.54) is 0 Å². The van der Waals surface area contributed by atoms with Crippen LogP contribution in [0.4, 0.5) is 22.0 Å². The van der Waals surface area contributed by atoms with E-state index in [2.05, 4.69) is 6.58 Å². The first-order valence-electron chi connectivity index (χ1n) is 4.08. The highest BCUT2D eigenvalue weighted by Gasteiger charge is 2.77. The van der Waals surface area contributed by atoms with Crippen LogP contribution < -0.4 is 0 Å². The molecule has 18 heavy (non-hydrogen) atoms. The quantitative estimate of drug-likeness (QED) is 0.469. The summed E-state index contributed by atoms with van der Waals surface area (Å²) < 4.78 is 108. The molecule has 108 valence electrons. The maximum Gasteiger partial charge on any atom is 0.411 e. The lowest BCUT2D eigenvalue weighted by Crippen LogP contribution is -2.60. The Morgan fingerprint density at radius 3 is 1.61 bits per heavy atom. The van der Waals surface area contributed by atoms with Gasteiger partial charge >= 0.3 is 11.2 Å². The largest absolute Gasteiger partial charge is 0.411 e. The lowest BCUT2D eigenvalue weighted by Gasteiger charge is -2.33. The van der Waals surface area contributed by atoms with E-state index in [1.54, 1.807) is 0 Å². The van der Waals surface area contributed by atoms with Crippen molar-refractivity contribution in [2.24, 2.45) is 0 Å². The van der Waals surface area contributed by atoms with E-state index in [9.17, 15) is 38.8 Å². The molecule has 0 heterocycles. The molecule has 0 spiro atoms. The van der Waals surface area contributed by atoms with Crippen LogP contribution in [0.2, 0.25) is 0 Å². The maximum atomic E-state index is 13.7. The maximum absolute atomic E-state index is 13.7. The van der Waals surface area contributed by atoms with E-state index in [0.29, 0.717) is 6.92 Å². The van der Waals surface area contributed by atoms with Gasteiger partial charge in [-0.25, -0.2) is 21.2 Å². The number of rotatable bonds is 5. The van der Waals surface area contributed by atoms with Crippen LogP contribution in [0.25, 0.3) is 0 Å². The zero-order chi connectivity index (χ0) is 15.2. The van der Waals surface area contributed by atoms with Crippen LogP contribution in [-0.2, 0) is 20.5 Å². The second-order valence-corrected chi connectivity index (χ2v) is 6.71. The van der Waals surface area contributed by atoms with E-state index in [0.717, 1.165) is 0 Å². The molecule has 0 aromatic carbocycles. The minimum Gasteiger partial charge on any atom is -0.228 e. The van der Waals surface area contributed by atoms with E-state index in [4.69, 9.17) is 0 Å². The Balaban J connectivity index is 6.32. The van der Waals surface area contributed by atoms with Crippen LogP contribution in [0, 0.1) is 0 Å². The second kappa shape index (κ2) is 4.44. The zero-order valence-corrected chi connectivity index (χ0v) is 10.8. The summed E-state index contributed by atoms with van der Waals surface area (Å²) in [5.41, 5.74) is -1.45. The van der Waals surface area contributed by atoms with Crippen LogP contribution in [0.5, 0.6) is 0 Å². The summed E-state index contributed by atoms with van der Waals surface area (Å²) in [6.45, 7) is 2.97. The molecule has 0 aromatic rings. The Kier molecular flexibility index (Phi) is 4.26. The highest BCUT2D eigenvalue weighted by Crippen LogP contribution is 2.50. The van der Waals surface area contributed by atoms with Gasteiger partial charge in [0.2, 0.25) is 9.84 Å². The molecule has 11 heteroatoms. The minimum absolute atomic E-state index is 0.266. The molecule has 0 saturated carbocycles. The molecule has 4 nitrogen and oxygen atoms in total. The van der Waals surface area contributed by atoms with Crippen molar-refractivity contribution in [1.29, 1.82) is 0 Å². The van der Waals surface area contributed by atoms with E-state index in [1.807, 2.05) is 0 Å². The fraction of sp³-hybridized carbons (Fsp3) is 0.714. The second-order valence-electron chi connectivity index (χ2n) is 3.52. The first-order chi connectivity index (χ1) is 7.64. The molecule has 0 aliphatic carbocycles. The number of sulfone groups is 1. The monoisotopic (exact) mass is 316 g/mol. The number of hydrogen-bond acceptors (Lipinski definition) is 4. The molecule has 0 aliphatic heterocycles. The molecule has 1 unspecified atom stereocenters. The summed E-state index contributed by atoms with van der Waals surface area (Å²) >= 11 is 0. The summed E-state index contributed by atoms with van der Waals surface area (Å²) in [5, 5.41) is -10.8. The van der Waals surface area contributed by atoms with Crippen LogP contribution in [0.1, 0.15) is 6.92 Å². The lowest BCUT2D eigenvalue weighted by atomic mass is 10.1. The molecule has 0 fully saturated rings. The first-order valence-corrected chi connectivity index (χ1v) is 7.15. The van der Waals surface area contributed by atoms with Crippen molar-refractivity contribution in [3.05, 3.63) is 12.2 Å². The van der Waals surface area contributed by atoms with Crippen molar-refractivity contribution in [1.82, 2.24) is 0 Å². The fourth-order valence-electron chi connectivity index (χ4n) is 0.964. The smallest absolute Gasteiger partial charge is 0.228 e. The average Bonchev–Trinajstić information content (AvgIpc) is 2.13. The SMILES string of the molecule is C=C(C)C(F)([SH](=O)=O)C(F)(F)C(F)(F)S(C)(=O)=O. The van der Waals surface area contributed by atoms with Crippen LogP contribution >= 0.6 is 0 Å². The third kappa shape index (κ3) is 2.13. The van der Waals surface area contributed by atoms with Gasteiger partial charge in [0.1, 0.15) is 0 Å². The van der Waals surface area contributed by atoms with Gasteiger partial charge < -0.3 is 0 Å². The van der Waals surface area contributed by atoms with Gasteiger partial charge in [-0.2, -0.15) is 17.6 Å². The van der Waals surface area contributed by atoms with Gasteiger partial charge in [-0.1, -0.05) is 6.58 Å². The number of alkyl halides is 5. The van der Waals surface area contributed by atoms with E-state index >= 15 is 0 Å². The van der Waals surface area contributed by atoms with Gasteiger partial charge in [-0.05, 0) is 12.5 Å². The Morgan fingerprint density at radius 1 is 1.11 bits per heavy atom. The Morgan fingerprint density at radius 2 is 1.44 bits per heavy atom. The summed E-state index contributed by atoms with van der Waals surface area (Å²) in [7, 11) is -10.5. The number of halogens is 5. The van der Waals surface area contributed by atoms with Crippen molar-refractivity contribution >= 4 is 20.5 Å². The third-order valence-corrected chi connectivity index (χ3v) is 4.42.